The van der Waals surface area contributed by atoms with E-state index in [1.807, 2.05) is 0 Å². The minimum atomic E-state index is -0.411. The Morgan fingerprint density at radius 2 is 1.70 bits per heavy atom. The number of halogens is 1. The van der Waals surface area contributed by atoms with Crippen LogP contribution in [0.5, 0.6) is 0 Å². The van der Waals surface area contributed by atoms with Gasteiger partial charge >= 0.3 is 5.97 Å². The summed E-state index contributed by atoms with van der Waals surface area (Å²) in [6.07, 6.45) is 0.602. The van der Waals surface area contributed by atoms with E-state index in [4.69, 9.17) is 0 Å². The van der Waals surface area contributed by atoms with Gasteiger partial charge in [0.1, 0.15) is 0 Å². The van der Waals surface area contributed by atoms with E-state index < -0.39 is 5.97 Å². The average molecular weight is 473 g/mol. The first kappa shape index (κ1) is 21.7. The van der Waals surface area contributed by atoms with Crippen molar-refractivity contribution >= 4 is 39.6 Å². The summed E-state index contributed by atoms with van der Waals surface area (Å²) >= 11 is 3.31. The maximum Gasteiger partial charge on any atom is 0.337 e. The van der Waals surface area contributed by atoms with Gasteiger partial charge in [0.25, 0.3) is 11.8 Å². The second kappa shape index (κ2) is 9.21. The minimum Gasteiger partial charge on any atom is -0.465 e. The van der Waals surface area contributed by atoms with Crippen molar-refractivity contribution in [2.45, 2.75) is 19.4 Å². The third-order valence-corrected chi connectivity index (χ3v) is 5.42. The quantitative estimate of drug-likeness (QED) is 0.456. The highest BCUT2D eigenvalue weighted by molar-refractivity contribution is 9.10. The van der Waals surface area contributed by atoms with Gasteiger partial charge in [-0.2, -0.15) is 0 Å². The summed E-state index contributed by atoms with van der Waals surface area (Å²) in [6.45, 7) is 0.582. The second-order valence-corrected chi connectivity index (χ2v) is 7.91. The first-order valence-corrected chi connectivity index (χ1v) is 10.2. The highest BCUT2D eigenvalue weighted by Gasteiger charge is 2.35. The number of rotatable bonds is 7. The standard InChI is InChI=1S/C22H21BrN2O5/c1-24(13-14-5-7-15(8-6-14)22(29)30-2)19(26)4-3-11-25-20(27)17-10-9-16(23)12-18(17)21(25)28/h5-10,12H,3-4,11,13H2,1-2H3. The fraction of sp³-hybridized carbons (Fsp3) is 0.273. The summed E-state index contributed by atoms with van der Waals surface area (Å²) in [5.74, 6) is -1.16. The molecule has 8 heteroatoms. The predicted molar refractivity (Wildman–Crippen MR) is 113 cm³/mol. The van der Waals surface area contributed by atoms with Gasteiger partial charge in [-0.15, -0.1) is 0 Å². The molecule has 1 aliphatic heterocycles. The zero-order valence-corrected chi connectivity index (χ0v) is 18.3. The van der Waals surface area contributed by atoms with Crippen LogP contribution in [-0.4, -0.2) is 54.2 Å². The molecule has 156 valence electrons. The van der Waals surface area contributed by atoms with Gasteiger partial charge in [0.15, 0.2) is 0 Å². The molecule has 3 rings (SSSR count). The summed E-state index contributed by atoms with van der Waals surface area (Å²) in [5, 5.41) is 0. The lowest BCUT2D eigenvalue weighted by atomic mass is 10.1. The van der Waals surface area contributed by atoms with Gasteiger partial charge in [-0.05, 0) is 42.3 Å². The molecular formula is C22H21BrN2O5. The van der Waals surface area contributed by atoms with Gasteiger partial charge in [-0.25, -0.2) is 4.79 Å². The third-order valence-electron chi connectivity index (χ3n) is 4.93. The highest BCUT2D eigenvalue weighted by Crippen LogP contribution is 2.26. The van der Waals surface area contributed by atoms with E-state index in [0.29, 0.717) is 29.7 Å². The Labute approximate surface area is 182 Å². The molecule has 0 unspecified atom stereocenters. The molecule has 0 aromatic heterocycles. The molecule has 0 spiro atoms. The lowest BCUT2D eigenvalue weighted by Gasteiger charge is -2.19. The molecule has 1 aliphatic rings. The largest absolute Gasteiger partial charge is 0.465 e. The van der Waals surface area contributed by atoms with Gasteiger partial charge in [-0.1, -0.05) is 28.1 Å². The molecule has 2 aromatic carbocycles. The number of ether oxygens (including phenoxy) is 1. The Hall–Kier alpha value is -3.00. The van der Waals surface area contributed by atoms with Crippen LogP contribution in [0.25, 0.3) is 0 Å². The maximum absolute atomic E-state index is 12.5. The molecule has 0 radical (unpaired) electrons. The van der Waals surface area contributed by atoms with Crippen LogP contribution in [0.1, 0.15) is 49.5 Å². The van der Waals surface area contributed by atoms with Crippen LogP contribution in [0.4, 0.5) is 0 Å². The van der Waals surface area contributed by atoms with E-state index >= 15 is 0 Å². The lowest BCUT2D eigenvalue weighted by Crippen LogP contribution is -2.32. The van der Waals surface area contributed by atoms with E-state index in [1.54, 1.807) is 54.4 Å². The number of methoxy groups -OCH3 is 1. The van der Waals surface area contributed by atoms with Crippen molar-refractivity contribution in [2.75, 3.05) is 20.7 Å². The number of nitrogens with zero attached hydrogens (tertiary/aromatic N) is 2. The van der Waals surface area contributed by atoms with Crippen molar-refractivity contribution in [1.29, 1.82) is 0 Å². The molecule has 0 atom stereocenters. The molecule has 0 bridgehead atoms. The van der Waals surface area contributed by atoms with Crippen LogP contribution in [0.3, 0.4) is 0 Å². The number of imide groups is 1. The second-order valence-electron chi connectivity index (χ2n) is 6.99. The minimum absolute atomic E-state index is 0.0913. The van der Waals surface area contributed by atoms with Gasteiger partial charge < -0.3 is 9.64 Å². The summed E-state index contributed by atoms with van der Waals surface area (Å²) < 4.78 is 5.40. The number of carbonyl (C=O) groups excluding carboxylic acids is 4. The Morgan fingerprint density at radius 3 is 2.37 bits per heavy atom. The Bertz CT molecular complexity index is 1000. The SMILES string of the molecule is COC(=O)c1ccc(CN(C)C(=O)CCCN2C(=O)c3ccc(Br)cc3C2=O)cc1. The first-order valence-electron chi connectivity index (χ1n) is 9.38. The van der Waals surface area contributed by atoms with Crippen LogP contribution < -0.4 is 0 Å². The molecule has 1 heterocycles. The van der Waals surface area contributed by atoms with Crippen molar-refractivity contribution in [3.05, 3.63) is 69.2 Å². The average Bonchev–Trinajstić information content (AvgIpc) is 2.97. The maximum atomic E-state index is 12.5. The molecule has 0 aliphatic carbocycles. The molecule has 0 fully saturated rings. The van der Waals surface area contributed by atoms with Crippen LogP contribution in [0.15, 0.2) is 46.9 Å². The van der Waals surface area contributed by atoms with E-state index in [2.05, 4.69) is 20.7 Å². The fourth-order valence-electron chi connectivity index (χ4n) is 3.27. The highest BCUT2D eigenvalue weighted by atomic mass is 79.9. The van der Waals surface area contributed by atoms with Gasteiger partial charge in [0, 0.05) is 31.0 Å². The van der Waals surface area contributed by atoms with Crippen LogP contribution in [-0.2, 0) is 16.1 Å². The summed E-state index contributed by atoms with van der Waals surface area (Å²) in [5.41, 5.74) is 2.10. The summed E-state index contributed by atoms with van der Waals surface area (Å²) in [4.78, 5) is 51.6. The molecule has 0 N–H and O–H groups in total. The molecule has 7 nitrogen and oxygen atoms in total. The number of amides is 3. The normalized spacial score (nSPS) is 12.7. The third kappa shape index (κ3) is 4.59. The number of hydrogen-bond acceptors (Lipinski definition) is 5. The van der Waals surface area contributed by atoms with Gasteiger partial charge in [0.2, 0.25) is 5.91 Å². The first-order chi connectivity index (χ1) is 14.3. The van der Waals surface area contributed by atoms with Crippen LogP contribution in [0.2, 0.25) is 0 Å². The van der Waals surface area contributed by atoms with Crippen LogP contribution >= 0.6 is 15.9 Å². The van der Waals surface area contributed by atoms with Gasteiger partial charge in [-0.3, -0.25) is 19.3 Å². The Balaban J connectivity index is 1.50. The van der Waals surface area contributed by atoms with Gasteiger partial charge in [0.05, 0.1) is 23.8 Å². The van der Waals surface area contributed by atoms with Crippen molar-refractivity contribution in [1.82, 2.24) is 9.80 Å². The van der Waals surface area contributed by atoms with E-state index in [1.165, 1.54) is 12.0 Å². The predicted octanol–water partition coefficient (Wildman–Crippen LogP) is 3.27. The topological polar surface area (TPSA) is 84.0 Å². The smallest absolute Gasteiger partial charge is 0.337 e. The van der Waals surface area contributed by atoms with Crippen molar-refractivity contribution < 1.29 is 23.9 Å². The molecule has 0 saturated heterocycles. The van der Waals surface area contributed by atoms with Crippen molar-refractivity contribution in [3.8, 4) is 0 Å². The molecule has 30 heavy (non-hydrogen) atoms. The number of carbonyl (C=O) groups is 4. The Kier molecular flexibility index (Phi) is 6.66. The monoisotopic (exact) mass is 472 g/mol. The molecule has 0 saturated carbocycles. The van der Waals surface area contributed by atoms with E-state index in [0.717, 1.165) is 10.0 Å². The zero-order valence-electron chi connectivity index (χ0n) is 16.7. The number of benzene rings is 2. The number of esters is 1. The summed E-state index contributed by atoms with van der Waals surface area (Å²) in [7, 11) is 3.01. The molecule has 2 aromatic rings. The van der Waals surface area contributed by atoms with Crippen molar-refractivity contribution in [3.63, 3.8) is 0 Å². The lowest BCUT2D eigenvalue weighted by molar-refractivity contribution is -0.130. The summed E-state index contributed by atoms with van der Waals surface area (Å²) in [6, 6.07) is 11.8. The van der Waals surface area contributed by atoms with E-state index in [9.17, 15) is 19.2 Å². The molecule has 3 amide bonds. The van der Waals surface area contributed by atoms with Crippen LogP contribution in [0, 0.1) is 0 Å². The van der Waals surface area contributed by atoms with E-state index in [-0.39, 0.29) is 30.7 Å². The zero-order chi connectivity index (χ0) is 21.8. The number of fused-ring (bicyclic) bond motifs is 1. The molecular weight excluding hydrogens is 452 g/mol. The fourth-order valence-corrected chi connectivity index (χ4v) is 3.63. The van der Waals surface area contributed by atoms with Crippen molar-refractivity contribution in [2.24, 2.45) is 0 Å². The number of hydrogen-bond donors (Lipinski definition) is 0. The Morgan fingerprint density at radius 1 is 1.03 bits per heavy atom.